The third-order valence-electron chi connectivity index (χ3n) is 3.70. The quantitative estimate of drug-likeness (QED) is 0.560. The third-order valence-corrected chi connectivity index (χ3v) is 3.70. The molecule has 0 aliphatic heterocycles. The van der Waals surface area contributed by atoms with Crippen molar-refractivity contribution in [3.05, 3.63) is 0 Å². The zero-order valence-electron chi connectivity index (χ0n) is 11.3. The van der Waals surface area contributed by atoms with Gasteiger partial charge in [-0.3, -0.25) is 0 Å². The molecule has 1 rings (SSSR count). The molecule has 0 N–H and O–H groups in total. The summed E-state index contributed by atoms with van der Waals surface area (Å²) in [6.45, 7) is 4.55. The molecule has 0 aromatic carbocycles. The van der Waals surface area contributed by atoms with E-state index in [9.17, 15) is 0 Å². The average Bonchev–Trinajstić information content (AvgIpc) is 2.34. The van der Waals surface area contributed by atoms with Crippen molar-refractivity contribution in [2.45, 2.75) is 96.7 Å². The Morgan fingerprint density at radius 2 is 1.50 bits per heavy atom. The summed E-state index contributed by atoms with van der Waals surface area (Å²) in [5.74, 6) is 0. The smallest absolute Gasteiger partial charge is 0.0578 e. The van der Waals surface area contributed by atoms with Crippen molar-refractivity contribution >= 4 is 0 Å². The van der Waals surface area contributed by atoms with Crippen LogP contribution in [0, 0.1) is 0 Å². The van der Waals surface area contributed by atoms with Gasteiger partial charge in [-0.1, -0.05) is 58.8 Å². The van der Waals surface area contributed by atoms with Crippen LogP contribution >= 0.6 is 0 Å². The summed E-state index contributed by atoms with van der Waals surface area (Å²) in [6, 6.07) is 0. The van der Waals surface area contributed by atoms with Crippen LogP contribution in [0.2, 0.25) is 0 Å². The number of hydrogen-bond donors (Lipinski definition) is 0. The van der Waals surface area contributed by atoms with Gasteiger partial charge in [-0.05, 0) is 25.7 Å². The van der Waals surface area contributed by atoms with Crippen molar-refractivity contribution in [2.75, 3.05) is 0 Å². The summed E-state index contributed by atoms with van der Waals surface area (Å²) in [5.41, 5.74) is 0. The molecule has 1 nitrogen and oxygen atoms in total. The van der Waals surface area contributed by atoms with Crippen molar-refractivity contribution in [2.24, 2.45) is 0 Å². The molecule has 0 heterocycles. The summed E-state index contributed by atoms with van der Waals surface area (Å²) in [4.78, 5) is 0. The molecule has 96 valence electrons. The molecule has 1 saturated carbocycles. The zero-order valence-corrected chi connectivity index (χ0v) is 11.3. The lowest BCUT2D eigenvalue weighted by Gasteiger charge is -2.27. The molecule has 0 bridgehead atoms. The van der Waals surface area contributed by atoms with Gasteiger partial charge in [0.2, 0.25) is 0 Å². The molecule has 1 fully saturated rings. The first-order chi connectivity index (χ1) is 7.86. The van der Waals surface area contributed by atoms with E-state index in [1.165, 1.54) is 70.6 Å². The van der Waals surface area contributed by atoms with Gasteiger partial charge < -0.3 is 4.74 Å². The fourth-order valence-corrected chi connectivity index (χ4v) is 2.62. The average molecular weight is 226 g/mol. The highest BCUT2D eigenvalue weighted by molar-refractivity contribution is 4.68. The number of rotatable bonds is 8. The number of unbranched alkanes of at least 4 members (excludes halogenated alkanes) is 2. The predicted octanol–water partition coefficient (Wildman–Crippen LogP) is 5.08. The van der Waals surface area contributed by atoms with Crippen LogP contribution in [0.3, 0.4) is 0 Å². The second-order valence-corrected chi connectivity index (χ2v) is 5.30. The highest BCUT2D eigenvalue weighted by Gasteiger charge is 2.18. The van der Waals surface area contributed by atoms with E-state index in [0.29, 0.717) is 12.2 Å². The molecular formula is C15H30O. The Morgan fingerprint density at radius 1 is 0.938 bits per heavy atom. The number of ether oxygens (including phenoxy) is 1. The van der Waals surface area contributed by atoms with Crippen molar-refractivity contribution in [3.8, 4) is 0 Å². The molecule has 0 amide bonds. The SMILES string of the molecule is CCCCC(CCCC)OC1CCCCC1. The summed E-state index contributed by atoms with van der Waals surface area (Å²) in [7, 11) is 0. The van der Waals surface area contributed by atoms with Crippen molar-refractivity contribution in [3.63, 3.8) is 0 Å². The van der Waals surface area contributed by atoms with Gasteiger partial charge in [0.25, 0.3) is 0 Å². The molecule has 0 saturated heterocycles. The van der Waals surface area contributed by atoms with E-state index in [1.54, 1.807) is 0 Å². The van der Waals surface area contributed by atoms with Crippen molar-refractivity contribution in [1.29, 1.82) is 0 Å². The minimum absolute atomic E-state index is 0.558. The lowest BCUT2D eigenvalue weighted by molar-refractivity contribution is -0.0385. The fraction of sp³-hybridized carbons (Fsp3) is 1.00. The van der Waals surface area contributed by atoms with Crippen LogP contribution in [0.5, 0.6) is 0 Å². The van der Waals surface area contributed by atoms with Crippen LogP contribution in [0.15, 0.2) is 0 Å². The van der Waals surface area contributed by atoms with Crippen LogP contribution in [-0.4, -0.2) is 12.2 Å². The molecule has 0 aromatic rings. The Labute approximate surface area is 102 Å². The topological polar surface area (TPSA) is 9.23 Å². The monoisotopic (exact) mass is 226 g/mol. The first-order valence-electron chi connectivity index (χ1n) is 7.52. The van der Waals surface area contributed by atoms with E-state index in [-0.39, 0.29) is 0 Å². The Balaban J connectivity index is 2.23. The van der Waals surface area contributed by atoms with Gasteiger partial charge in [-0.2, -0.15) is 0 Å². The van der Waals surface area contributed by atoms with E-state index in [0.717, 1.165) is 0 Å². The fourth-order valence-electron chi connectivity index (χ4n) is 2.62. The maximum Gasteiger partial charge on any atom is 0.0578 e. The predicted molar refractivity (Wildman–Crippen MR) is 70.8 cm³/mol. The standard InChI is InChI=1S/C15H30O/c1-3-5-10-14(11-6-4-2)16-15-12-8-7-9-13-15/h14-15H,3-13H2,1-2H3. The molecule has 0 spiro atoms. The summed E-state index contributed by atoms with van der Waals surface area (Å²) < 4.78 is 6.30. The first-order valence-corrected chi connectivity index (χ1v) is 7.52. The lowest BCUT2D eigenvalue weighted by atomic mass is 9.97. The van der Waals surface area contributed by atoms with Crippen molar-refractivity contribution in [1.82, 2.24) is 0 Å². The van der Waals surface area contributed by atoms with Gasteiger partial charge in [-0.25, -0.2) is 0 Å². The maximum absolute atomic E-state index is 6.30. The normalized spacial score (nSPS) is 18.2. The van der Waals surface area contributed by atoms with Gasteiger partial charge >= 0.3 is 0 Å². The van der Waals surface area contributed by atoms with Crippen LogP contribution < -0.4 is 0 Å². The van der Waals surface area contributed by atoms with Crippen LogP contribution in [0.25, 0.3) is 0 Å². The molecular weight excluding hydrogens is 196 g/mol. The van der Waals surface area contributed by atoms with Gasteiger partial charge in [0.05, 0.1) is 12.2 Å². The van der Waals surface area contributed by atoms with E-state index in [4.69, 9.17) is 4.74 Å². The lowest BCUT2D eigenvalue weighted by Crippen LogP contribution is -2.24. The van der Waals surface area contributed by atoms with Crippen LogP contribution in [-0.2, 0) is 4.74 Å². The molecule has 0 unspecified atom stereocenters. The second kappa shape index (κ2) is 9.04. The largest absolute Gasteiger partial charge is 0.375 e. The van der Waals surface area contributed by atoms with E-state index < -0.39 is 0 Å². The molecule has 1 aliphatic rings. The van der Waals surface area contributed by atoms with Gasteiger partial charge in [0.15, 0.2) is 0 Å². The van der Waals surface area contributed by atoms with Crippen LogP contribution in [0.1, 0.15) is 84.5 Å². The second-order valence-electron chi connectivity index (χ2n) is 5.30. The summed E-state index contributed by atoms with van der Waals surface area (Å²) >= 11 is 0. The highest BCUT2D eigenvalue weighted by atomic mass is 16.5. The molecule has 1 aliphatic carbocycles. The van der Waals surface area contributed by atoms with E-state index in [2.05, 4.69) is 13.8 Å². The van der Waals surface area contributed by atoms with Crippen LogP contribution in [0.4, 0.5) is 0 Å². The molecule has 0 radical (unpaired) electrons. The Kier molecular flexibility index (Phi) is 7.92. The van der Waals surface area contributed by atoms with Gasteiger partial charge in [0.1, 0.15) is 0 Å². The summed E-state index contributed by atoms with van der Waals surface area (Å²) in [6.07, 6.45) is 15.8. The summed E-state index contributed by atoms with van der Waals surface area (Å²) in [5, 5.41) is 0. The van der Waals surface area contributed by atoms with Crippen molar-refractivity contribution < 1.29 is 4.74 Å². The first kappa shape index (κ1) is 14.0. The van der Waals surface area contributed by atoms with Gasteiger partial charge in [-0.15, -0.1) is 0 Å². The molecule has 0 aromatic heterocycles. The highest BCUT2D eigenvalue weighted by Crippen LogP contribution is 2.24. The maximum atomic E-state index is 6.30. The molecule has 1 heteroatoms. The third kappa shape index (κ3) is 5.89. The minimum Gasteiger partial charge on any atom is -0.375 e. The molecule has 16 heavy (non-hydrogen) atoms. The van der Waals surface area contributed by atoms with E-state index in [1.807, 2.05) is 0 Å². The Morgan fingerprint density at radius 3 is 2.00 bits per heavy atom. The van der Waals surface area contributed by atoms with Gasteiger partial charge in [0, 0.05) is 0 Å². The Hall–Kier alpha value is -0.0400. The minimum atomic E-state index is 0.558. The Bertz CT molecular complexity index is 142. The van der Waals surface area contributed by atoms with E-state index >= 15 is 0 Å². The zero-order chi connectivity index (χ0) is 11.6. The number of hydrogen-bond acceptors (Lipinski definition) is 1. The molecule has 0 atom stereocenters.